The molecule has 1 aliphatic heterocycles. The quantitative estimate of drug-likeness (QED) is 0.850. The van der Waals surface area contributed by atoms with Gasteiger partial charge in [-0.15, -0.1) is 0 Å². The van der Waals surface area contributed by atoms with Gasteiger partial charge in [-0.2, -0.15) is 0 Å². The normalized spacial score (nSPS) is 24.6. The van der Waals surface area contributed by atoms with Crippen LogP contribution in [0, 0.1) is 11.7 Å². The Labute approximate surface area is 107 Å². The lowest BCUT2D eigenvalue weighted by atomic mass is 9.98. The van der Waals surface area contributed by atoms with E-state index in [0.717, 1.165) is 29.9 Å². The zero-order valence-corrected chi connectivity index (χ0v) is 11.0. The first-order valence-electron chi connectivity index (χ1n) is 5.70. The summed E-state index contributed by atoms with van der Waals surface area (Å²) in [6.45, 7) is 4.15. The SMILES string of the molecule is C[C@@H]1CNC[C@H]1c1nc2cc(Br)c(F)cc2[nH]1. The van der Waals surface area contributed by atoms with E-state index < -0.39 is 0 Å². The zero-order chi connectivity index (χ0) is 12.0. The van der Waals surface area contributed by atoms with Crippen molar-refractivity contribution in [3.05, 3.63) is 28.2 Å². The Morgan fingerprint density at radius 2 is 2.24 bits per heavy atom. The molecule has 0 saturated carbocycles. The summed E-state index contributed by atoms with van der Waals surface area (Å²) in [5.74, 6) is 1.65. The van der Waals surface area contributed by atoms with Crippen LogP contribution in [-0.2, 0) is 0 Å². The third-order valence-corrected chi connectivity index (χ3v) is 4.02. The van der Waals surface area contributed by atoms with E-state index in [9.17, 15) is 4.39 Å². The van der Waals surface area contributed by atoms with E-state index in [1.807, 2.05) is 0 Å². The van der Waals surface area contributed by atoms with Crippen molar-refractivity contribution in [2.24, 2.45) is 5.92 Å². The lowest BCUT2D eigenvalue weighted by molar-refractivity contribution is 0.551. The predicted octanol–water partition coefficient (Wildman–Crippen LogP) is 2.79. The highest BCUT2D eigenvalue weighted by atomic mass is 79.9. The average Bonchev–Trinajstić information content (AvgIpc) is 2.85. The molecule has 90 valence electrons. The zero-order valence-electron chi connectivity index (χ0n) is 9.43. The number of aromatic amines is 1. The number of imidazole rings is 1. The van der Waals surface area contributed by atoms with Crippen LogP contribution in [0.1, 0.15) is 18.7 Å². The van der Waals surface area contributed by atoms with E-state index in [-0.39, 0.29) is 5.82 Å². The summed E-state index contributed by atoms with van der Waals surface area (Å²) in [6.07, 6.45) is 0. The monoisotopic (exact) mass is 297 g/mol. The van der Waals surface area contributed by atoms with Crippen LogP contribution < -0.4 is 5.32 Å². The first kappa shape index (κ1) is 11.2. The van der Waals surface area contributed by atoms with E-state index in [2.05, 4.69) is 38.1 Å². The predicted molar refractivity (Wildman–Crippen MR) is 68.5 cm³/mol. The highest BCUT2D eigenvalue weighted by molar-refractivity contribution is 9.10. The Morgan fingerprint density at radius 3 is 2.94 bits per heavy atom. The van der Waals surface area contributed by atoms with Gasteiger partial charge in [-0.3, -0.25) is 0 Å². The molecule has 1 saturated heterocycles. The second kappa shape index (κ2) is 4.07. The highest BCUT2D eigenvalue weighted by Gasteiger charge is 2.27. The molecule has 0 spiro atoms. The first-order valence-corrected chi connectivity index (χ1v) is 6.50. The molecular weight excluding hydrogens is 285 g/mol. The number of H-pyrrole nitrogens is 1. The van der Waals surface area contributed by atoms with Crippen LogP contribution >= 0.6 is 15.9 Å². The van der Waals surface area contributed by atoms with Crippen molar-refractivity contribution < 1.29 is 4.39 Å². The van der Waals surface area contributed by atoms with E-state index in [4.69, 9.17) is 0 Å². The number of nitrogens with zero attached hydrogens (tertiary/aromatic N) is 1. The Kier molecular flexibility index (Phi) is 2.67. The standard InChI is InChI=1S/C12H13BrFN3/c1-6-4-15-5-7(6)12-16-10-2-8(13)9(14)3-11(10)17-12/h2-3,6-7,15H,4-5H2,1H3,(H,16,17)/t6-,7-/m1/s1. The summed E-state index contributed by atoms with van der Waals surface area (Å²) in [7, 11) is 0. The summed E-state index contributed by atoms with van der Waals surface area (Å²) >= 11 is 3.18. The molecule has 1 aliphatic rings. The summed E-state index contributed by atoms with van der Waals surface area (Å²) in [5.41, 5.74) is 1.58. The van der Waals surface area contributed by atoms with Gasteiger partial charge in [0.1, 0.15) is 11.6 Å². The lowest BCUT2D eigenvalue weighted by Gasteiger charge is -2.09. The third-order valence-electron chi connectivity index (χ3n) is 3.41. The van der Waals surface area contributed by atoms with Crippen LogP contribution in [0.3, 0.4) is 0 Å². The molecule has 0 radical (unpaired) electrons. The molecule has 1 aromatic heterocycles. The van der Waals surface area contributed by atoms with Gasteiger partial charge >= 0.3 is 0 Å². The van der Waals surface area contributed by atoms with Gasteiger partial charge in [-0.25, -0.2) is 9.37 Å². The van der Waals surface area contributed by atoms with Crippen molar-refractivity contribution in [1.29, 1.82) is 0 Å². The van der Waals surface area contributed by atoms with Crippen LogP contribution in [0.5, 0.6) is 0 Å². The molecule has 0 aliphatic carbocycles. The van der Waals surface area contributed by atoms with E-state index in [1.165, 1.54) is 6.07 Å². The molecule has 2 N–H and O–H groups in total. The lowest BCUT2D eigenvalue weighted by Crippen LogP contribution is -2.09. The van der Waals surface area contributed by atoms with Crippen LogP contribution in [0.25, 0.3) is 11.0 Å². The van der Waals surface area contributed by atoms with Crippen molar-refractivity contribution in [3.63, 3.8) is 0 Å². The number of nitrogens with one attached hydrogen (secondary N) is 2. The maximum absolute atomic E-state index is 13.4. The molecule has 0 bridgehead atoms. The van der Waals surface area contributed by atoms with Gasteiger partial charge in [0.25, 0.3) is 0 Å². The number of aromatic nitrogens is 2. The van der Waals surface area contributed by atoms with Gasteiger partial charge < -0.3 is 10.3 Å². The van der Waals surface area contributed by atoms with Crippen molar-refractivity contribution in [3.8, 4) is 0 Å². The highest BCUT2D eigenvalue weighted by Crippen LogP contribution is 2.29. The van der Waals surface area contributed by atoms with Gasteiger partial charge in [0, 0.05) is 18.5 Å². The Bertz CT molecular complexity index is 527. The molecule has 0 unspecified atom stereocenters. The smallest absolute Gasteiger partial charge is 0.139 e. The maximum Gasteiger partial charge on any atom is 0.139 e. The van der Waals surface area contributed by atoms with Crippen LogP contribution in [0.2, 0.25) is 0 Å². The van der Waals surface area contributed by atoms with Gasteiger partial charge in [-0.1, -0.05) is 6.92 Å². The second-order valence-corrected chi connectivity index (χ2v) is 5.50. The molecule has 0 amide bonds. The Hall–Kier alpha value is -0.940. The van der Waals surface area contributed by atoms with Gasteiger partial charge in [0.05, 0.1) is 15.5 Å². The number of halogens is 2. The second-order valence-electron chi connectivity index (χ2n) is 4.65. The van der Waals surface area contributed by atoms with Crippen LogP contribution in [0.15, 0.2) is 16.6 Å². The molecule has 3 nitrogen and oxygen atoms in total. The summed E-state index contributed by atoms with van der Waals surface area (Å²) in [4.78, 5) is 7.78. The fourth-order valence-electron chi connectivity index (χ4n) is 2.38. The van der Waals surface area contributed by atoms with Crippen LogP contribution in [-0.4, -0.2) is 23.1 Å². The third kappa shape index (κ3) is 1.87. The van der Waals surface area contributed by atoms with Gasteiger partial charge in [-0.05, 0) is 34.5 Å². The molecule has 2 heterocycles. The Balaban J connectivity index is 2.07. The minimum absolute atomic E-state index is 0.259. The first-order chi connectivity index (χ1) is 8.15. The van der Waals surface area contributed by atoms with Crippen molar-refractivity contribution in [1.82, 2.24) is 15.3 Å². The number of fused-ring (bicyclic) bond motifs is 1. The molecule has 5 heteroatoms. The molecule has 2 atom stereocenters. The van der Waals surface area contributed by atoms with Crippen LogP contribution in [0.4, 0.5) is 4.39 Å². The summed E-state index contributed by atoms with van der Waals surface area (Å²) in [5, 5.41) is 3.34. The van der Waals surface area contributed by atoms with Gasteiger partial charge in [0.2, 0.25) is 0 Å². The van der Waals surface area contributed by atoms with Gasteiger partial charge in [0.15, 0.2) is 0 Å². The van der Waals surface area contributed by atoms with E-state index >= 15 is 0 Å². The molecule has 17 heavy (non-hydrogen) atoms. The van der Waals surface area contributed by atoms with E-state index in [1.54, 1.807) is 6.07 Å². The topological polar surface area (TPSA) is 40.7 Å². The summed E-state index contributed by atoms with van der Waals surface area (Å²) in [6, 6.07) is 3.21. The largest absolute Gasteiger partial charge is 0.342 e. The molecular formula is C12H13BrFN3. The molecule has 3 rings (SSSR count). The number of rotatable bonds is 1. The number of benzene rings is 1. The maximum atomic E-state index is 13.4. The van der Waals surface area contributed by atoms with Crippen molar-refractivity contribution in [2.75, 3.05) is 13.1 Å². The average molecular weight is 298 g/mol. The fraction of sp³-hybridized carbons (Fsp3) is 0.417. The number of hydrogen-bond acceptors (Lipinski definition) is 2. The fourth-order valence-corrected chi connectivity index (χ4v) is 2.71. The Morgan fingerprint density at radius 1 is 1.41 bits per heavy atom. The van der Waals surface area contributed by atoms with Crippen molar-refractivity contribution in [2.45, 2.75) is 12.8 Å². The molecule has 1 fully saturated rings. The summed E-state index contributed by atoms with van der Waals surface area (Å²) < 4.78 is 13.9. The number of hydrogen-bond donors (Lipinski definition) is 2. The minimum Gasteiger partial charge on any atom is -0.342 e. The van der Waals surface area contributed by atoms with E-state index in [0.29, 0.717) is 16.3 Å². The minimum atomic E-state index is -0.259. The molecule has 1 aromatic carbocycles. The van der Waals surface area contributed by atoms with Crippen molar-refractivity contribution >= 4 is 27.0 Å². The molecule has 2 aromatic rings.